The second kappa shape index (κ2) is 8.59. The molecule has 1 fully saturated rings. The van der Waals surface area contributed by atoms with Crippen LogP contribution >= 0.6 is 0 Å². The van der Waals surface area contributed by atoms with Crippen molar-refractivity contribution < 1.29 is 18.7 Å². The van der Waals surface area contributed by atoms with Crippen LogP contribution < -0.4 is 10.6 Å². The summed E-state index contributed by atoms with van der Waals surface area (Å²) in [7, 11) is 0. The smallest absolute Gasteiger partial charge is 0.251 e. The van der Waals surface area contributed by atoms with Gasteiger partial charge in [0.2, 0.25) is 5.91 Å². The number of halogens is 1. The van der Waals surface area contributed by atoms with Gasteiger partial charge < -0.3 is 15.4 Å². The summed E-state index contributed by atoms with van der Waals surface area (Å²) < 4.78 is 18.3. The van der Waals surface area contributed by atoms with Crippen molar-refractivity contribution in [2.75, 3.05) is 39.4 Å². The summed E-state index contributed by atoms with van der Waals surface area (Å²) in [6, 6.07) is 5.55. The highest BCUT2D eigenvalue weighted by molar-refractivity contribution is 5.96. The first-order valence-corrected chi connectivity index (χ1v) is 7.68. The number of ether oxygens (including phenoxy) is 1. The summed E-state index contributed by atoms with van der Waals surface area (Å²) in [6.07, 6.45) is 0. The Hall–Kier alpha value is -1.99. The average molecular weight is 323 g/mol. The number of rotatable bonds is 6. The fraction of sp³-hybridized carbons (Fsp3) is 0.500. The van der Waals surface area contributed by atoms with E-state index in [9.17, 15) is 14.0 Å². The van der Waals surface area contributed by atoms with E-state index in [-0.39, 0.29) is 24.1 Å². The molecule has 0 aromatic heterocycles. The van der Waals surface area contributed by atoms with Gasteiger partial charge in [-0.25, -0.2) is 4.39 Å². The van der Waals surface area contributed by atoms with Gasteiger partial charge in [-0.15, -0.1) is 0 Å². The van der Waals surface area contributed by atoms with Gasteiger partial charge in [-0.2, -0.15) is 0 Å². The first kappa shape index (κ1) is 17.4. The minimum absolute atomic E-state index is 0.134. The van der Waals surface area contributed by atoms with Gasteiger partial charge in [-0.3, -0.25) is 14.5 Å². The highest BCUT2D eigenvalue weighted by Crippen LogP contribution is 2.03. The fourth-order valence-corrected chi connectivity index (χ4v) is 2.36. The molecule has 1 aromatic rings. The molecule has 1 heterocycles. The molecule has 23 heavy (non-hydrogen) atoms. The molecule has 7 heteroatoms. The predicted octanol–water partition coefficient (Wildman–Crippen LogP) is 0.392. The number of amides is 2. The molecule has 0 aliphatic carbocycles. The van der Waals surface area contributed by atoms with Crippen LogP contribution in [0.25, 0.3) is 0 Å². The maximum atomic E-state index is 13.0. The first-order valence-electron chi connectivity index (χ1n) is 7.68. The second-order valence-electron chi connectivity index (χ2n) is 5.49. The van der Waals surface area contributed by atoms with E-state index in [1.807, 2.05) is 6.92 Å². The molecule has 0 bridgehead atoms. The Morgan fingerprint density at radius 3 is 2.74 bits per heavy atom. The molecule has 1 aliphatic rings. The van der Waals surface area contributed by atoms with Crippen LogP contribution in [0.1, 0.15) is 17.3 Å². The normalized spacial score (nSPS) is 16.6. The van der Waals surface area contributed by atoms with Crippen LogP contribution in [0.2, 0.25) is 0 Å². The lowest BCUT2D eigenvalue weighted by Gasteiger charge is -2.32. The van der Waals surface area contributed by atoms with Gasteiger partial charge >= 0.3 is 0 Å². The fourth-order valence-electron chi connectivity index (χ4n) is 2.36. The van der Waals surface area contributed by atoms with Crippen molar-refractivity contribution in [2.24, 2.45) is 0 Å². The van der Waals surface area contributed by atoms with Crippen LogP contribution in [0.3, 0.4) is 0 Å². The van der Waals surface area contributed by atoms with E-state index in [0.717, 1.165) is 19.2 Å². The monoisotopic (exact) mass is 323 g/mol. The topological polar surface area (TPSA) is 70.7 Å². The number of carbonyl (C=O) groups excluding carboxylic acids is 2. The van der Waals surface area contributed by atoms with Gasteiger partial charge in [-0.05, 0) is 25.1 Å². The molecule has 0 saturated carbocycles. The van der Waals surface area contributed by atoms with Crippen LogP contribution in [-0.4, -0.2) is 62.1 Å². The molecule has 1 aliphatic heterocycles. The molecule has 1 saturated heterocycles. The molecule has 1 aromatic carbocycles. The minimum Gasteiger partial charge on any atom is -0.379 e. The number of nitrogens with one attached hydrogen (secondary N) is 2. The van der Waals surface area contributed by atoms with Crippen LogP contribution in [0.15, 0.2) is 24.3 Å². The Bertz CT molecular complexity index is 547. The molecule has 2 amide bonds. The van der Waals surface area contributed by atoms with Gasteiger partial charge in [0.1, 0.15) is 5.82 Å². The molecular weight excluding hydrogens is 301 g/mol. The highest BCUT2D eigenvalue weighted by Gasteiger charge is 2.17. The van der Waals surface area contributed by atoms with Gasteiger partial charge in [0, 0.05) is 31.2 Å². The molecule has 2 rings (SSSR count). The number of nitrogens with zero attached hydrogens (tertiary/aromatic N) is 1. The Balaban J connectivity index is 1.69. The van der Waals surface area contributed by atoms with Gasteiger partial charge in [0.05, 0.1) is 19.8 Å². The third-order valence-electron chi connectivity index (χ3n) is 3.76. The third kappa shape index (κ3) is 5.61. The Morgan fingerprint density at radius 2 is 2.04 bits per heavy atom. The number of hydrogen-bond donors (Lipinski definition) is 2. The molecule has 0 spiro atoms. The summed E-state index contributed by atoms with van der Waals surface area (Å²) in [4.78, 5) is 25.8. The van der Waals surface area contributed by atoms with Crippen molar-refractivity contribution >= 4 is 11.8 Å². The van der Waals surface area contributed by atoms with Gasteiger partial charge in [0.25, 0.3) is 5.91 Å². The summed E-state index contributed by atoms with van der Waals surface area (Å²) >= 11 is 0. The van der Waals surface area contributed by atoms with Crippen LogP contribution in [-0.2, 0) is 9.53 Å². The quantitative estimate of drug-likeness (QED) is 0.795. The highest BCUT2D eigenvalue weighted by atomic mass is 19.1. The number of carbonyl (C=O) groups is 2. The molecule has 1 atom stereocenters. The standard InChI is InChI=1S/C16H22FN3O3/c1-12(20-5-7-23-8-6-20)10-18-15(21)11-19-16(22)13-3-2-4-14(17)9-13/h2-4,9,12H,5-8,10-11H2,1H3,(H,18,21)(H,19,22). The first-order chi connectivity index (χ1) is 11.1. The van der Waals surface area contributed by atoms with Gasteiger partial charge in [-0.1, -0.05) is 6.07 Å². The summed E-state index contributed by atoms with van der Waals surface area (Å²) in [5, 5.41) is 5.27. The van der Waals surface area contributed by atoms with E-state index in [1.165, 1.54) is 18.2 Å². The molecule has 0 radical (unpaired) electrons. The summed E-state index contributed by atoms with van der Waals surface area (Å²) in [6.45, 7) is 5.54. The Labute approximate surface area is 135 Å². The van der Waals surface area contributed by atoms with E-state index in [0.29, 0.717) is 19.8 Å². The van der Waals surface area contributed by atoms with Crippen molar-refractivity contribution in [3.05, 3.63) is 35.6 Å². The SMILES string of the molecule is CC(CNC(=O)CNC(=O)c1cccc(F)c1)N1CCOCC1. The van der Waals surface area contributed by atoms with E-state index in [1.54, 1.807) is 0 Å². The molecule has 6 nitrogen and oxygen atoms in total. The van der Waals surface area contributed by atoms with E-state index in [2.05, 4.69) is 15.5 Å². The summed E-state index contributed by atoms with van der Waals surface area (Å²) in [5.41, 5.74) is 0.194. The zero-order valence-corrected chi connectivity index (χ0v) is 13.2. The average Bonchev–Trinajstić information content (AvgIpc) is 2.58. The van der Waals surface area contributed by atoms with Crippen molar-refractivity contribution in [3.63, 3.8) is 0 Å². The van der Waals surface area contributed by atoms with Crippen molar-refractivity contribution in [3.8, 4) is 0 Å². The van der Waals surface area contributed by atoms with Crippen molar-refractivity contribution in [1.29, 1.82) is 0 Å². The zero-order valence-electron chi connectivity index (χ0n) is 13.2. The third-order valence-corrected chi connectivity index (χ3v) is 3.76. The second-order valence-corrected chi connectivity index (χ2v) is 5.49. The molecular formula is C16H22FN3O3. The largest absolute Gasteiger partial charge is 0.379 e. The predicted molar refractivity (Wildman–Crippen MR) is 83.6 cm³/mol. The number of hydrogen-bond acceptors (Lipinski definition) is 4. The van der Waals surface area contributed by atoms with E-state index in [4.69, 9.17) is 4.74 Å². The lowest BCUT2D eigenvalue weighted by Crippen LogP contribution is -2.48. The van der Waals surface area contributed by atoms with Gasteiger partial charge in [0.15, 0.2) is 0 Å². The van der Waals surface area contributed by atoms with Crippen molar-refractivity contribution in [1.82, 2.24) is 15.5 Å². The lowest BCUT2D eigenvalue weighted by molar-refractivity contribution is -0.120. The zero-order chi connectivity index (χ0) is 16.7. The van der Waals surface area contributed by atoms with Crippen LogP contribution in [0, 0.1) is 5.82 Å². The molecule has 126 valence electrons. The number of morpholine rings is 1. The van der Waals surface area contributed by atoms with E-state index >= 15 is 0 Å². The molecule has 1 unspecified atom stereocenters. The Morgan fingerprint density at radius 1 is 1.30 bits per heavy atom. The molecule has 2 N–H and O–H groups in total. The van der Waals surface area contributed by atoms with Crippen LogP contribution in [0.4, 0.5) is 4.39 Å². The maximum absolute atomic E-state index is 13.0. The lowest BCUT2D eigenvalue weighted by atomic mass is 10.2. The maximum Gasteiger partial charge on any atom is 0.251 e. The summed E-state index contributed by atoms with van der Waals surface area (Å²) in [5.74, 6) is -1.22. The van der Waals surface area contributed by atoms with E-state index < -0.39 is 11.7 Å². The van der Waals surface area contributed by atoms with Crippen molar-refractivity contribution in [2.45, 2.75) is 13.0 Å². The Kier molecular flexibility index (Phi) is 6.49. The number of benzene rings is 1. The minimum atomic E-state index is -0.485. The van der Waals surface area contributed by atoms with Crippen LogP contribution in [0.5, 0.6) is 0 Å².